The molecule has 8 heteroatoms. The van der Waals surface area contributed by atoms with Gasteiger partial charge in [-0.1, -0.05) is 0 Å². The number of nitriles is 1. The van der Waals surface area contributed by atoms with E-state index >= 15 is 0 Å². The van der Waals surface area contributed by atoms with E-state index in [1.54, 1.807) is 11.2 Å². The van der Waals surface area contributed by atoms with Crippen LogP contribution in [0.3, 0.4) is 0 Å². The lowest BCUT2D eigenvalue weighted by molar-refractivity contribution is -0.0541. The van der Waals surface area contributed by atoms with E-state index in [1.807, 2.05) is 25.4 Å². The molecule has 2 aliphatic rings. The monoisotopic (exact) mass is 390 g/mol. The number of rotatable bonds is 3. The van der Waals surface area contributed by atoms with E-state index in [9.17, 15) is 9.18 Å². The van der Waals surface area contributed by atoms with Gasteiger partial charge < -0.3 is 14.8 Å². The summed E-state index contributed by atoms with van der Waals surface area (Å²) >= 11 is 0. The number of amides is 1. The van der Waals surface area contributed by atoms with E-state index in [4.69, 9.17) is 5.26 Å². The molecule has 2 fully saturated rings. The van der Waals surface area contributed by atoms with Crippen molar-refractivity contribution in [3.8, 4) is 6.07 Å². The maximum absolute atomic E-state index is 13.6. The minimum absolute atomic E-state index is 0.129. The number of benzene rings is 1. The Hall–Kier alpha value is -3.47. The maximum Gasteiger partial charge on any atom is 0.254 e. The van der Waals surface area contributed by atoms with Crippen LogP contribution in [0.25, 0.3) is 11.0 Å². The topological polar surface area (TPSA) is 88.9 Å². The third-order valence-electron chi connectivity index (χ3n) is 6.17. The predicted molar refractivity (Wildman–Crippen MR) is 105 cm³/mol. The largest absolute Gasteiger partial charge is 0.356 e. The van der Waals surface area contributed by atoms with Crippen LogP contribution >= 0.6 is 0 Å². The summed E-state index contributed by atoms with van der Waals surface area (Å²) in [5, 5.41) is 9.98. The van der Waals surface area contributed by atoms with Gasteiger partial charge in [-0.2, -0.15) is 5.26 Å². The van der Waals surface area contributed by atoms with Crippen LogP contribution in [0.15, 0.2) is 36.8 Å². The maximum atomic E-state index is 13.6. The van der Waals surface area contributed by atoms with Crippen LogP contribution in [0.2, 0.25) is 0 Å². The smallest absolute Gasteiger partial charge is 0.254 e. The van der Waals surface area contributed by atoms with Gasteiger partial charge in [-0.3, -0.25) is 4.79 Å². The third kappa shape index (κ3) is 2.81. The predicted octanol–water partition coefficient (Wildman–Crippen LogP) is 2.71. The summed E-state index contributed by atoms with van der Waals surface area (Å²) in [5.41, 5.74) is 1.35. The molecule has 2 aromatic heterocycles. The Bertz CT molecular complexity index is 1150. The van der Waals surface area contributed by atoms with E-state index in [0.717, 1.165) is 35.8 Å². The number of aromatic nitrogens is 3. The zero-order chi connectivity index (χ0) is 20.2. The number of halogens is 1. The van der Waals surface area contributed by atoms with Gasteiger partial charge >= 0.3 is 0 Å². The zero-order valence-corrected chi connectivity index (χ0v) is 15.9. The minimum atomic E-state index is -0.561. The molecule has 1 aromatic carbocycles. The van der Waals surface area contributed by atoms with Crippen LogP contribution in [0.4, 0.5) is 10.2 Å². The fourth-order valence-corrected chi connectivity index (χ4v) is 4.65. The van der Waals surface area contributed by atoms with Gasteiger partial charge in [0.05, 0.1) is 17.0 Å². The number of H-pyrrole nitrogens is 1. The van der Waals surface area contributed by atoms with Gasteiger partial charge in [0, 0.05) is 43.4 Å². The molecule has 146 valence electrons. The molecule has 0 unspecified atom stereocenters. The van der Waals surface area contributed by atoms with Crippen molar-refractivity contribution < 1.29 is 9.18 Å². The molecular formula is C21H19FN6O. The first-order valence-electron chi connectivity index (χ1n) is 9.49. The summed E-state index contributed by atoms with van der Waals surface area (Å²) in [4.78, 5) is 28.4. The number of anilines is 1. The summed E-state index contributed by atoms with van der Waals surface area (Å²) in [7, 11) is 2.05. The van der Waals surface area contributed by atoms with Crippen molar-refractivity contribution in [3.63, 3.8) is 0 Å². The first-order valence-corrected chi connectivity index (χ1v) is 9.49. The number of nitrogens with zero attached hydrogens (tertiary/aromatic N) is 5. The SMILES string of the molecule is CN(c1ncnc2[nH]ccc12)C1CC2(C1)CN(C(=O)c1cc(F)cc(C#N)c1)C2. The lowest BCUT2D eigenvalue weighted by Crippen LogP contribution is -2.67. The van der Waals surface area contributed by atoms with Crippen molar-refractivity contribution in [2.75, 3.05) is 25.0 Å². The lowest BCUT2D eigenvalue weighted by Gasteiger charge is -2.60. The van der Waals surface area contributed by atoms with Gasteiger partial charge in [-0.05, 0) is 37.1 Å². The number of aromatic amines is 1. The molecule has 5 rings (SSSR count). The van der Waals surface area contributed by atoms with E-state index < -0.39 is 5.82 Å². The Balaban J connectivity index is 1.23. The summed E-state index contributed by atoms with van der Waals surface area (Å²) in [5.74, 6) is 0.134. The molecule has 0 radical (unpaired) electrons. The van der Waals surface area contributed by atoms with E-state index in [2.05, 4.69) is 19.9 Å². The summed E-state index contributed by atoms with van der Waals surface area (Å²) in [6.07, 6.45) is 5.39. The average Bonchev–Trinajstić information content (AvgIpc) is 3.13. The summed E-state index contributed by atoms with van der Waals surface area (Å²) < 4.78 is 13.6. The Morgan fingerprint density at radius 2 is 2.14 bits per heavy atom. The molecule has 29 heavy (non-hydrogen) atoms. The molecule has 1 spiro atoms. The molecule has 1 saturated carbocycles. The highest BCUT2D eigenvalue weighted by Crippen LogP contribution is 2.51. The number of carbonyl (C=O) groups excluding carboxylic acids is 1. The first-order chi connectivity index (χ1) is 14.0. The molecular weight excluding hydrogens is 371 g/mol. The highest BCUT2D eigenvalue weighted by Gasteiger charge is 2.55. The van der Waals surface area contributed by atoms with Gasteiger partial charge in [0.25, 0.3) is 5.91 Å². The second-order valence-corrected chi connectivity index (χ2v) is 8.11. The molecule has 0 bridgehead atoms. The van der Waals surface area contributed by atoms with Crippen LogP contribution < -0.4 is 4.90 Å². The van der Waals surface area contributed by atoms with Gasteiger partial charge in [0.1, 0.15) is 23.6 Å². The Labute approximate surface area is 166 Å². The van der Waals surface area contributed by atoms with Crippen LogP contribution in [0.5, 0.6) is 0 Å². The van der Waals surface area contributed by atoms with Gasteiger partial charge in [-0.25, -0.2) is 14.4 Å². The molecule has 1 aliphatic heterocycles. The van der Waals surface area contributed by atoms with E-state index in [1.165, 1.54) is 12.1 Å². The molecule has 0 atom stereocenters. The number of likely N-dealkylation sites (tertiary alicyclic amines) is 1. The lowest BCUT2D eigenvalue weighted by atomic mass is 9.60. The number of fused-ring (bicyclic) bond motifs is 1. The Kier molecular flexibility index (Phi) is 3.81. The standard InChI is InChI=1S/C21H19FN6O/c1-27(19-17-2-3-24-18(17)25-12-26-19)16-7-21(8-16)10-28(11-21)20(29)14-4-13(9-23)5-15(22)6-14/h2-6,12,16H,7-8,10-11H2,1H3,(H,24,25,26). The highest BCUT2D eigenvalue weighted by molar-refractivity contribution is 5.95. The van der Waals surface area contributed by atoms with Crippen molar-refractivity contribution in [1.29, 1.82) is 5.26 Å². The Morgan fingerprint density at radius 3 is 2.90 bits per heavy atom. The second-order valence-electron chi connectivity index (χ2n) is 8.11. The molecule has 1 amide bonds. The fourth-order valence-electron chi connectivity index (χ4n) is 4.65. The molecule has 1 saturated heterocycles. The second kappa shape index (κ2) is 6.27. The van der Waals surface area contributed by atoms with Crippen LogP contribution in [0, 0.1) is 22.6 Å². The molecule has 3 aromatic rings. The fraction of sp³-hybridized carbons (Fsp3) is 0.333. The summed E-state index contributed by atoms with van der Waals surface area (Å²) in [6.45, 7) is 1.33. The number of hydrogen-bond donors (Lipinski definition) is 1. The van der Waals surface area contributed by atoms with Crippen molar-refractivity contribution in [2.45, 2.75) is 18.9 Å². The first kappa shape index (κ1) is 17.6. The Morgan fingerprint density at radius 1 is 1.34 bits per heavy atom. The van der Waals surface area contributed by atoms with Gasteiger partial charge in [-0.15, -0.1) is 0 Å². The minimum Gasteiger partial charge on any atom is -0.356 e. The molecule has 7 nitrogen and oxygen atoms in total. The van der Waals surface area contributed by atoms with Crippen molar-refractivity contribution in [1.82, 2.24) is 19.9 Å². The quantitative estimate of drug-likeness (QED) is 0.743. The summed E-state index contributed by atoms with van der Waals surface area (Å²) in [6, 6.07) is 8.01. The molecule has 1 aliphatic carbocycles. The number of nitrogens with one attached hydrogen (secondary N) is 1. The van der Waals surface area contributed by atoms with Crippen molar-refractivity contribution >= 4 is 22.8 Å². The van der Waals surface area contributed by atoms with E-state index in [-0.39, 0.29) is 22.4 Å². The number of hydrogen-bond acceptors (Lipinski definition) is 5. The van der Waals surface area contributed by atoms with Crippen LogP contribution in [0.1, 0.15) is 28.8 Å². The van der Waals surface area contributed by atoms with Crippen molar-refractivity contribution in [3.05, 3.63) is 53.7 Å². The van der Waals surface area contributed by atoms with E-state index in [0.29, 0.717) is 19.1 Å². The van der Waals surface area contributed by atoms with Crippen LogP contribution in [-0.2, 0) is 0 Å². The molecule has 3 heterocycles. The highest BCUT2D eigenvalue weighted by atomic mass is 19.1. The van der Waals surface area contributed by atoms with Crippen LogP contribution in [-0.4, -0.2) is 51.9 Å². The normalized spacial score (nSPS) is 17.6. The van der Waals surface area contributed by atoms with Gasteiger partial charge in [0.2, 0.25) is 0 Å². The average molecular weight is 390 g/mol. The third-order valence-corrected chi connectivity index (χ3v) is 6.17. The van der Waals surface area contributed by atoms with Gasteiger partial charge in [0.15, 0.2) is 0 Å². The zero-order valence-electron chi connectivity index (χ0n) is 15.9. The molecule has 1 N–H and O–H groups in total. The number of carbonyl (C=O) groups is 1. The van der Waals surface area contributed by atoms with Crippen molar-refractivity contribution in [2.24, 2.45) is 5.41 Å².